The maximum Gasteiger partial charge on any atom is 0.261 e. The van der Waals surface area contributed by atoms with Crippen LogP contribution in [0.15, 0.2) is 30.3 Å². The number of halogens is 2. The van der Waals surface area contributed by atoms with Gasteiger partial charge in [-0.1, -0.05) is 41.4 Å². The van der Waals surface area contributed by atoms with Gasteiger partial charge in [0.05, 0.1) is 5.56 Å². The van der Waals surface area contributed by atoms with Crippen molar-refractivity contribution in [2.24, 2.45) is 0 Å². The minimum absolute atomic E-state index is 0.0751. The van der Waals surface area contributed by atoms with E-state index in [1.54, 1.807) is 4.90 Å². The van der Waals surface area contributed by atoms with Crippen LogP contribution in [0.4, 0.5) is 5.69 Å². The number of nitrogens with zero attached hydrogens (tertiary/aromatic N) is 3. The number of hydrogen-bond acceptors (Lipinski definition) is 3. The molecular weight excluding hydrogens is 309 g/mol. The first-order valence-corrected chi connectivity index (χ1v) is 7.51. The number of benzene rings is 1. The van der Waals surface area contributed by atoms with Crippen molar-refractivity contribution in [2.75, 3.05) is 11.4 Å². The molecule has 1 aliphatic heterocycles. The van der Waals surface area contributed by atoms with Crippen LogP contribution in [0.2, 0.25) is 10.3 Å². The van der Waals surface area contributed by atoms with E-state index in [4.69, 9.17) is 23.2 Å². The van der Waals surface area contributed by atoms with Crippen molar-refractivity contribution in [2.45, 2.75) is 19.3 Å². The number of amides is 1. The van der Waals surface area contributed by atoms with Gasteiger partial charge in [-0.3, -0.25) is 4.79 Å². The summed E-state index contributed by atoms with van der Waals surface area (Å²) in [6.45, 7) is 0.659. The van der Waals surface area contributed by atoms with Gasteiger partial charge in [0.2, 0.25) is 0 Å². The number of carbonyl (C=O) groups is 1. The van der Waals surface area contributed by atoms with Gasteiger partial charge in [0, 0.05) is 12.2 Å². The summed E-state index contributed by atoms with van der Waals surface area (Å²) < 4.78 is 0. The molecule has 0 fully saturated rings. The third-order valence-corrected chi connectivity index (χ3v) is 4.02. The maximum atomic E-state index is 12.8. The predicted octanol–water partition coefficient (Wildman–Crippen LogP) is 3.77. The highest BCUT2D eigenvalue weighted by molar-refractivity contribution is 6.34. The van der Waals surface area contributed by atoms with Crippen molar-refractivity contribution in [3.05, 3.63) is 51.8 Å². The predicted molar refractivity (Wildman–Crippen MR) is 83.1 cm³/mol. The van der Waals surface area contributed by atoms with Gasteiger partial charge < -0.3 is 4.90 Å². The molecule has 0 atom stereocenters. The number of para-hydroxylation sites is 1. The average molecular weight is 322 g/mol. The molecule has 0 unspecified atom stereocenters. The van der Waals surface area contributed by atoms with Crippen LogP contribution in [0, 0.1) is 0 Å². The molecule has 1 aromatic heterocycles. The van der Waals surface area contributed by atoms with Crippen LogP contribution in [0.3, 0.4) is 0 Å². The van der Waals surface area contributed by atoms with Crippen LogP contribution in [0.5, 0.6) is 0 Å². The lowest BCUT2D eigenvalue weighted by atomic mass is 10.1. The van der Waals surface area contributed by atoms with Gasteiger partial charge in [-0.2, -0.15) is 0 Å². The minimum atomic E-state index is -0.189. The van der Waals surface area contributed by atoms with Gasteiger partial charge in [-0.25, -0.2) is 0 Å². The molecule has 0 spiro atoms. The summed E-state index contributed by atoms with van der Waals surface area (Å²) in [5.41, 5.74) is 2.39. The van der Waals surface area contributed by atoms with Gasteiger partial charge in [-0.15, -0.1) is 10.2 Å². The number of rotatable bonds is 1. The molecule has 0 N–H and O–H groups in total. The minimum Gasteiger partial charge on any atom is -0.308 e. The Kier molecular flexibility index (Phi) is 4.08. The normalized spacial score (nSPS) is 14.5. The second-order valence-corrected chi connectivity index (χ2v) is 5.66. The molecule has 6 heteroatoms. The van der Waals surface area contributed by atoms with E-state index in [1.807, 2.05) is 18.2 Å². The van der Waals surface area contributed by atoms with Crippen molar-refractivity contribution in [1.29, 1.82) is 0 Å². The van der Waals surface area contributed by atoms with Crippen molar-refractivity contribution in [3.8, 4) is 0 Å². The number of aryl methyl sites for hydroxylation is 1. The van der Waals surface area contributed by atoms with E-state index < -0.39 is 0 Å². The molecule has 4 nitrogen and oxygen atoms in total. The Morgan fingerprint density at radius 3 is 2.81 bits per heavy atom. The number of anilines is 1. The average Bonchev–Trinajstić information content (AvgIpc) is 2.71. The van der Waals surface area contributed by atoms with E-state index in [-0.39, 0.29) is 21.8 Å². The molecule has 1 aliphatic rings. The lowest BCUT2D eigenvalue weighted by Crippen LogP contribution is -2.32. The Morgan fingerprint density at radius 2 is 1.95 bits per heavy atom. The van der Waals surface area contributed by atoms with E-state index >= 15 is 0 Å². The van der Waals surface area contributed by atoms with Crippen LogP contribution in [0.1, 0.15) is 28.8 Å². The van der Waals surface area contributed by atoms with Gasteiger partial charge >= 0.3 is 0 Å². The van der Waals surface area contributed by atoms with E-state index in [2.05, 4.69) is 16.3 Å². The summed E-state index contributed by atoms with van der Waals surface area (Å²) in [7, 11) is 0. The smallest absolute Gasteiger partial charge is 0.261 e. The molecule has 0 radical (unpaired) electrons. The van der Waals surface area contributed by atoms with Gasteiger partial charge in [0.1, 0.15) is 0 Å². The largest absolute Gasteiger partial charge is 0.308 e. The van der Waals surface area contributed by atoms with Crippen molar-refractivity contribution in [1.82, 2.24) is 10.2 Å². The first kappa shape index (κ1) is 14.3. The van der Waals surface area contributed by atoms with Crippen molar-refractivity contribution < 1.29 is 4.79 Å². The Balaban J connectivity index is 2.03. The molecule has 0 saturated heterocycles. The Hall–Kier alpha value is -1.65. The molecule has 1 amide bonds. The summed E-state index contributed by atoms with van der Waals surface area (Å²) in [6, 6.07) is 9.41. The van der Waals surface area contributed by atoms with Crippen molar-refractivity contribution >= 4 is 34.8 Å². The Morgan fingerprint density at radius 1 is 1.14 bits per heavy atom. The first-order valence-electron chi connectivity index (χ1n) is 6.75. The van der Waals surface area contributed by atoms with E-state index in [1.165, 1.54) is 11.6 Å². The number of fused-ring (bicyclic) bond motifs is 1. The van der Waals surface area contributed by atoms with Crippen LogP contribution in [0.25, 0.3) is 0 Å². The maximum absolute atomic E-state index is 12.8. The zero-order valence-electron chi connectivity index (χ0n) is 11.2. The first-order chi connectivity index (χ1) is 10.2. The molecule has 0 saturated carbocycles. The van der Waals surface area contributed by atoms with Gasteiger partial charge in [0.15, 0.2) is 10.3 Å². The Labute approximate surface area is 132 Å². The summed E-state index contributed by atoms with van der Waals surface area (Å²) in [5, 5.41) is 7.59. The number of aromatic nitrogens is 2. The highest BCUT2D eigenvalue weighted by Crippen LogP contribution is 2.28. The second-order valence-electron chi connectivity index (χ2n) is 4.91. The highest BCUT2D eigenvalue weighted by atomic mass is 35.5. The quantitative estimate of drug-likeness (QED) is 0.803. The topological polar surface area (TPSA) is 46.1 Å². The molecule has 1 aromatic carbocycles. The summed E-state index contributed by atoms with van der Waals surface area (Å²) >= 11 is 11.8. The fraction of sp³-hybridized carbons (Fsp3) is 0.267. The standard InChI is InChI=1S/C15H13Cl2N3O/c16-13-9-11(14(17)19-18-13)15(21)20-8-4-3-6-10-5-1-2-7-12(10)20/h1-2,5,7,9H,3-4,6,8H2. The zero-order chi connectivity index (χ0) is 14.8. The molecule has 0 aliphatic carbocycles. The lowest BCUT2D eigenvalue weighted by Gasteiger charge is -2.23. The Bertz CT molecular complexity index is 690. The third kappa shape index (κ3) is 2.87. The molecule has 2 heterocycles. The van der Waals surface area contributed by atoms with Crippen LogP contribution in [-0.2, 0) is 6.42 Å². The SMILES string of the molecule is O=C(c1cc(Cl)nnc1Cl)N1CCCCc2ccccc21. The molecule has 108 valence electrons. The molecule has 0 bridgehead atoms. The van der Waals surface area contributed by atoms with E-state index in [9.17, 15) is 4.79 Å². The molecule has 2 aromatic rings. The van der Waals surface area contributed by atoms with Gasteiger partial charge in [0.25, 0.3) is 5.91 Å². The molecule has 3 rings (SSSR count). The van der Waals surface area contributed by atoms with E-state index in [0.717, 1.165) is 24.9 Å². The fourth-order valence-corrected chi connectivity index (χ4v) is 2.87. The van der Waals surface area contributed by atoms with Crippen LogP contribution in [-0.4, -0.2) is 22.6 Å². The molecular formula is C15H13Cl2N3O. The van der Waals surface area contributed by atoms with Gasteiger partial charge in [-0.05, 0) is 37.0 Å². The van der Waals surface area contributed by atoms with E-state index in [0.29, 0.717) is 6.54 Å². The second kappa shape index (κ2) is 6.00. The summed E-state index contributed by atoms with van der Waals surface area (Å²) in [5.74, 6) is -0.189. The summed E-state index contributed by atoms with van der Waals surface area (Å²) in [6.07, 6.45) is 2.98. The monoisotopic (exact) mass is 321 g/mol. The van der Waals surface area contributed by atoms with Crippen molar-refractivity contribution in [3.63, 3.8) is 0 Å². The third-order valence-electron chi connectivity index (χ3n) is 3.55. The molecule has 21 heavy (non-hydrogen) atoms. The fourth-order valence-electron chi connectivity index (χ4n) is 2.55. The lowest BCUT2D eigenvalue weighted by molar-refractivity contribution is 0.0986. The van der Waals surface area contributed by atoms with Crippen LogP contribution >= 0.6 is 23.2 Å². The van der Waals surface area contributed by atoms with Crippen LogP contribution < -0.4 is 4.90 Å². The zero-order valence-corrected chi connectivity index (χ0v) is 12.7. The highest BCUT2D eigenvalue weighted by Gasteiger charge is 2.24. The summed E-state index contributed by atoms with van der Waals surface area (Å²) in [4.78, 5) is 14.6. The number of hydrogen-bond donors (Lipinski definition) is 0. The number of carbonyl (C=O) groups excluding carboxylic acids is 1.